The van der Waals surface area contributed by atoms with E-state index in [1.165, 1.54) is 24.1 Å². The summed E-state index contributed by atoms with van der Waals surface area (Å²) in [5, 5.41) is 4.47. The van der Waals surface area contributed by atoms with Crippen molar-refractivity contribution in [2.75, 3.05) is 0 Å². The molecular weight excluding hydrogens is 316 g/mol. The van der Waals surface area contributed by atoms with E-state index < -0.39 is 0 Å². The molecule has 0 spiro atoms. The molecule has 0 N–H and O–H groups in total. The second kappa shape index (κ2) is 5.52. The van der Waals surface area contributed by atoms with Gasteiger partial charge in [0.1, 0.15) is 6.29 Å². The van der Waals surface area contributed by atoms with Crippen LogP contribution in [0.25, 0.3) is 5.69 Å². The van der Waals surface area contributed by atoms with Gasteiger partial charge in [-0.3, -0.25) is 0 Å². The molecule has 1 atom stereocenters. The molecule has 20 heavy (non-hydrogen) atoms. The van der Waals surface area contributed by atoms with Gasteiger partial charge < -0.3 is 4.79 Å². The molecular formula is C16H17BrN2O. The van der Waals surface area contributed by atoms with E-state index in [0.29, 0.717) is 12.3 Å². The molecule has 1 aromatic heterocycles. The number of carbonyl (C=O) groups excluding carboxylic acids is 1. The maximum Gasteiger partial charge on any atom is 0.120 e. The summed E-state index contributed by atoms with van der Waals surface area (Å²) in [5.41, 5.74) is 3.55. The summed E-state index contributed by atoms with van der Waals surface area (Å²) in [6.07, 6.45) is 5.92. The lowest BCUT2D eigenvalue weighted by atomic mass is 9.98. The highest BCUT2D eigenvalue weighted by Gasteiger charge is 2.30. The van der Waals surface area contributed by atoms with Crippen molar-refractivity contribution in [3.05, 3.63) is 46.2 Å². The lowest BCUT2D eigenvalue weighted by molar-refractivity contribution is -0.108. The molecule has 1 aromatic carbocycles. The highest BCUT2D eigenvalue weighted by molar-refractivity contribution is 9.10. The lowest BCUT2D eigenvalue weighted by Gasteiger charge is -2.11. The van der Waals surface area contributed by atoms with Crippen LogP contribution in [0.3, 0.4) is 0 Å². The summed E-state index contributed by atoms with van der Waals surface area (Å²) in [7, 11) is 0. The SMILES string of the molecule is CC(CC=O)c1ccc(-n2ncc(Br)c2C2CC2)cc1. The Hall–Kier alpha value is -1.42. The highest BCUT2D eigenvalue weighted by atomic mass is 79.9. The summed E-state index contributed by atoms with van der Waals surface area (Å²) < 4.78 is 3.12. The topological polar surface area (TPSA) is 34.9 Å². The minimum atomic E-state index is 0.272. The average Bonchev–Trinajstić information content (AvgIpc) is 3.22. The normalized spacial score (nSPS) is 16.1. The molecule has 1 unspecified atom stereocenters. The minimum absolute atomic E-state index is 0.272. The van der Waals surface area contributed by atoms with E-state index in [-0.39, 0.29) is 5.92 Å². The number of aromatic nitrogens is 2. The van der Waals surface area contributed by atoms with E-state index in [9.17, 15) is 4.79 Å². The van der Waals surface area contributed by atoms with Crippen LogP contribution in [-0.4, -0.2) is 16.1 Å². The van der Waals surface area contributed by atoms with Crippen molar-refractivity contribution in [2.24, 2.45) is 0 Å². The van der Waals surface area contributed by atoms with Gasteiger partial charge in [0.25, 0.3) is 0 Å². The monoisotopic (exact) mass is 332 g/mol. The van der Waals surface area contributed by atoms with Crippen LogP contribution >= 0.6 is 15.9 Å². The molecule has 1 aliphatic carbocycles. The van der Waals surface area contributed by atoms with Crippen LogP contribution in [0.15, 0.2) is 34.9 Å². The molecule has 4 heteroatoms. The first-order valence-electron chi connectivity index (χ1n) is 6.98. The summed E-state index contributed by atoms with van der Waals surface area (Å²) in [6.45, 7) is 2.07. The third kappa shape index (κ3) is 2.57. The van der Waals surface area contributed by atoms with Gasteiger partial charge in [-0.2, -0.15) is 5.10 Å². The average molecular weight is 333 g/mol. The first kappa shape index (κ1) is 13.6. The molecule has 104 valence electrons. The van der Waals surface area contributed by atoms with Gasteiger partial charge in [-0.1, -0.05) is 19.1 Å². The molecule has 3 rings (SSSR count). The van der Waals surface area contributed by atoms with Crippen molar-refractivity contribution in [1.82, 2.24) is 9.78 Å². The fraction of sp³-hybridized carbons (Fsp3) is 0.375. The summed E-state index contributed by atoms with van der Waals surface area (Å²) in [5.74, 6) is 0.911. The molecule has 2 aromatic rings. The zero-order valence-corrected chi connectivity index (χ0v) is 13.0. The largest absolute Gasteiger partial charge is 0.303 e. The van der Waals surface area contributed by atoms with Crippen molar-refractivity contribution in [3.63, 3.8) is 0 Å². The Morgan fingerprint density at radius 1 is 1.40 bits per heavy atom. The minimum Gasteiger partial charge on any atom is -0.303 e. The molecule has 0 saturated heterocycles. The Morgan fingerprint density at radius 3 is 2.70 bits per heavy atom. The molecule has 1 aliphatic rings. The smallest absolute Gasteiger partial charge is 0.120 e. The van der Waals surface area contributed by atoms with Crippen molar-refractivity contribution in [3.8, 4) is 5.69 Å². The van der Waals surface area contributed by atoms with E-state index in [4.69, 9.17) is 0 Å². The van der Waals surface area contributed by atoms with Crippen LogP contribution in [0.4, 0.5) is 0 Å². The van der Waals surface area contributed by atoms with Gasteiger partial charge in [0.2, 0.25) is 0 Å². The number of hydrogen-bond acceptors (Lipinski definition) is 2. The predicted octanol–water partition coefficient (Wildman–Crippen LogP) is 4.20. The van der Waals surface area contributed by atoms with Gasteiger partial charge in [0, 0.05) is 12.3 Å². The Balaban J connectivity index is 1.89. The quantitative estimate of drug-likeness (QED) is 0.769. The predicted molar refractivity (Wildman–Crippen MR) is 82.3 cm³/mol. The fourth-order valence-electron chi connectivity index (χ4n) is 2.49. The molecule has 0 radical (unpaired) electrons. The van der Waals surface area contributed by atoms with Crippen molar-refractivity contribution in [1.29, 1.82) is 0 Å². The number of benzene rings is 1. The molecule has 1 heterocycles. The third-order valence-electron chi connectivity index (χ3n) is 3.88. The molecule has 0 aliphatic heterocycles. The van der Waals surface area contributed by atoms with Crippen molar-refractivity contribution in [2.45, 2.75) is 38.0 Å². The van der Waals surface area contributed by atoms with Crippen molar-refractivity contribution >= 4 is 22.2 Å². The Labute approximate surface area is 127 Å². The fourth-order valence-corrected chi connectivity index (χ4v) is 3.08. The second-order valence-electron chi connectivity index (χ2n) is 5.46. The Morgan fingerprint density at radius 2 is 2.10 bits per heavy atom. The number of hydrogen-bond donors (Lipinski definition) is 0. The van der Waals surface area contributed by atoms with Gasteiger partial charge in [-0.25, -0.2) is 4.68 Å². The van der Waals surface area contributed by atoms with Gasteiger partial charge in [-0.05, 0) is 52.4 Å². The van der Waals surface area contributed by atoms with Crippen LogP contribution in [0.2, 0.25) is 0 Å². The number of carbonyl (C=O) groups is 1. The lowest BCUT2D eigenvalue weighted by Crippen LogP contribution is -2.02. The Kier molecular flexibility index (Phi) is 3.74. The maximum absolute atomic E-state index is 10.6. The Bertz CT molecular complexity index is 614. The van der Waals surface area contributed by atoms with Gasteiger partial charge in [0.15, 0.2) is 0 Å². The number of nitrogens with zero attached hydrogens (tertiary/aromatic N) is 2. The van der Waals surface area contributed by atoms with Crippen LogP contribution in [0.5, 0.6) is 0 Å². The summed E-state index contributed by atoms with van der Waals surface area (Å²) >= 11 is 3.59. The second-order valence-corrected chi connectivity index (χ2v) is 6.31. The van der Waals surface area contributed by atoms with Crippen LogP contribution < -0.4 is 0 Å². The molecule has 3 nitrogen and oxygen atoms in total. The third-order valence-corrected chi connectivity index (χ3v) is 4.49. The van der Waals surface area contributed by atoms with Gasteiger partial charge in [0.05, 0.1) is 22.1 Å². The van der Waals surface area contributed by atoms with Crippen LogP contribution in [-0.2, 0) is 4.79 Å². The molecule has 0 amide bonds. The number of halogens is 1. The molecule has 1 fully saturated rings. The zero-order chi connectivity index (χ0) is 14.1. The maximum atomic E-state index is 10.6. The summed E-state index contributed by atoms with van der Waals surface area (Å²) in [6, 6.07) is 8.36. The summed E-state index contributed by atoms with van der Waals surface area (Å²) in [4.78, 5) is 10.6. The van der Waals surface area contributed by atoms with Crippen LogP contribution in [0, 0.1) is 0 Å². The first-order chi connectivity index (χ1) is 9.70. The highest BCUT2D eigenvalue weighted by Crippen LogP contribution is 2.43. The standard InChI is InChI=1S/C16H17BrN2O/c1-11(8-9-20)12-4-6-14(7-5-12)19-16(13-2-3-13)15(17)10-18-19/h4-7,9-11,13H,2-3,8H2,1H3. The van der Waals surface area contributed by atoms with E-state index >= 15 is 0 Å². The van der Waals surface area contributed by atoms with E-state index in [0.717, 1.165) is 16.4 Å². The van der Waals surface area contributed by atoms with Gasteiger partial charge >= 0.3 is 0 Å². The molecule has 1 saturated carbocycles. The first-order valence-corrected chi connectivity index (χ1v) is 7.77. The van der Waals surface area contributed by atoms with Crippen LogP contribution in [0.1, 0.15) is 49.3 Å². The number of rotatable bonds is 5. The zero-order valence-electron chi connectivity index (χ0n) is 11.4. The van der Waals surface area contributed by atoms with E-state index in [1.807, 2.05) is 10.9 Å². The molecule has 0 bridgehead atoms. The number of aldehydes is 1. The van der Waals surface area contributed by atoms with Gasteiger partial charge in [-0.15, -0.1) is 0 Å². The van der Waals surface area contributed by atoms with Crippen molar-refractivity contribution < 1.29 is 4.79 Å². The van der Waals surface area contributed by atoms with E-state index in [1.54, 1.807) is 0 Å². The van der Waals surface area contributed by atoms with E-state index in [2.05, 4.69) is 52.2 Å².